The quantitative estimate of drug-likeness (QED) is 0.496. The van der Waals surface area contributed by atoms with E-state index >= 15 is 0 Å². The number of aliphatic hydroxyl groups excluding tert-OH is 3. The molecule has 5 nitrogen and oxygen atoms in total. The summed E-state index contributed by atoms with van der Waals surface area (Å²) in [6.45, 7) is -0.520. The third-order valence-corrected chi connectivity index (χ3v) is 2.03. The van der Waals surface area contributed by atoms with Gasteiger partial charge in [0.1, 0.15) is 18.3 Å². The summed E-state index contributed by atoms with van der Waals surface area (Å²) in [7, 11) is 1.24. The van der Waals surface area contributed by atoms with Gasteiger partial charge in [0.25, 0.3) is 0 Å². The largest absolute Gasteiger partial charge is 0.394 e. The van der Waals surface area contributed by atoms with Crippen LogP contribution < -0.4 is 0 Å². The zero-order valence-corrected chi connectivity index (χ0v) is 7.13. The van der Waals surface area contributed by atoms with Gasteiger partial charge in [0.2, 0.25) is 0 Å². The number of hydrogen-bond donors (Lipinski definition) is 3. The van der Waals surface area contributed by atoms with Crippen LogP contribution in [0.3, 0.4) is 0 Å². The summed E-state index contributed by atoms with van der Waals surface area (Å²) in [5.74, 6) is 0. The molecule has 0 aromatic rings. The number of ether oxygens (including phenoxy) is 2. The molecule has 1 fully saturated rings. The van der Waals surface area contributed by atoms with Crippen molar-refractivity contribution in [3.63, 3.8) is 0 Å². The summed E-state index contributed by atoms with van der Waals surface area (Å²) in [5.41, 5.74) is 0. The summed E-state index contributed by atoms with van der Waals surface area (Å²) in [6, 6.07) is 0. The van der Waals surface area contributed by atoms with Crippen LogP contribution in [0, 0.1) is 0 Å². The van der Waals surface area contributed by atoms with Crippen LogP contribution in [-0.4, -0.2) is 59.8 Å². The molecule has 6 heteroatoms. The molecule has 0 aromatic carbocycles. The molecular weight excluding hydrogens is 183 g/mol. The molecule has 13 heavy (non-hydrogen) atoms. The first-order valence-electron chi connectivity index (χ1n) is 3.91. The Bertz CT molecular complexity index is 147. The number of rotatable bonds is 2. The van der Waals surface area contributed by atoms with E-state index < -0.39 is 37.4 Å². The highest BCUT2D eigenvalue weighted by molar-refractivity contribution is 4.88. The molecule has 1 aliphatic rings. The van der Waals surface area contributed by atoms with E-state index in [1.165, 1.54) is 7.11 Å². The van der Waals surface area contributed by atoms with Crippen LogP contribution in [0.1, 0.15) is 0 Å². The third-order valence-electron chi connectivity index (χ3n) is 2.03. The molecule has 0 spiro atoms. The minimum Gasteiger partial charge on any atom is -0.394 e. The van der Waals surface area contributed by atoms with Gasteiger partial charge in [-0.15, -0.1) is 0 Å². The Balaban J connectivity index is 2.66. The van der Waals surface area contributed by atoms with E-state index in [2.05, 4.69) is 4.74 Å². The van der Waals surface area contributed by atoms with Crippen LogP contribution >= 0.6 is 0 Å². The first-order valence-corrected chi connectivity index (χ1v) is 3.91. The van der Waals surface area contributed by atoms with Gasteiger partial charge in [-0.25, -0.2) is 4.39 Å². The second-order valence-electron chi connectivity index (χ2n) is 2.89. The molecule has 1 heterocycles. The average Bonchev–Trinajstić information content (AvgIpc) is 2.15. The lowest BCUT2D eigenvalue weighted by atomic mass is 10.0. The zero-order chi connectivity index (χ0) is 10.0. The molecule has 78 valence electrons. The van der Waals surface area contributed by atoms with Crippen molar-refractivity contribution in [1.29, 1.82) is 0 Å². The van der Waals surface area contributed by atoms with Crippen LogP contribution in [0.5, 0.6) is 0 Å². The van der Waals surface area contributed by atoms with Crippen molar-refractivity contribution >= 4 is 0 Å². The maximum Gasteiger partial charge on any atom is 0.186 e. The summed E-state index contributed by atoms with van der Waals surface area (Å²) in [6.07, 6.45) is -7.11. The number of hydrogen-bond acceptors (Lipinski definition) is 5. The molecule has 1 rings (SSSR count). The van der Waals surface area contributed by atoms with Gasteiger partial charge in [0, 0.05) is 7.11 Å². The van der Waals surface area contributed by atoms with Gasteiger partial charge in [0.15, 0.2) is 12.5 Å². The van der Waals surface area contributed by atoms with E-state index in [1.807, 2.05) is 0 Å². The van der Waals surface area contributed by atoms with Crippen LogP contribution in [0.15, 0.2) is 0 Å². The molecule has 0 aliphatic carbocycles. The standard InChI is InChI=1S/C7H13FO5/c1-12-7-6(11)4(8)5(10)3(2-9)13-7/h3-7,9-11H,2H2,1H3/t3-,4-,5+,6-,7+/m1/s1. The average molecular weight is 196 g/mol. The van der Waals surface area contributed by atoms with Gasteiger partial charge in [-0.2, -0.15) is 0 Å². The summed E-state index contributed by atoms with van der Waals surface area (Å²) in [5, 5.41) is 27.0. The number of halogens is 1. The van der Waals surface area contributed by atoms with E-state index in [-0.39, 0.29) is 0 Å². The molecule has 3 N–H and O–H groups in total. The lowest BCUT2D eigenvalue weighted by molar-refractivity contribution is -0.283. The second-order valence-corrected chi connectivity index (χ2v) is 2.89. The molecule has 5 atom stereocenters. The van der Waals surface area contributed by atoms with E-state index in [0.717, 1.165) is 0 Å². The van der Waals surface area contributed by atoms with Crippen LogP contribution in [-0.2, 0) is 9.47 Å². The van der Waals surface area contributed by atoms with Crippen molar-refractivity contribution in [2.75, 3.05) is 13.7 Å². The number of alkyl halides is 1. The van der Waals surface area contributed by atoms with E-state index in [4.69, 9.17) is 20.1 Å². The Morgan fingerprint density at radius 3 is 2.46 bits per heavy atom. The number of aliphatic hydroxyl groups is 3. The number of methoxy groups -OCH3 is 1. The Kier molecular flexibility index (Phi) is 3.57. The van der Waals surface area contributed by atoms with Crippen molar-refractivity contribution in [2.24, 2.45) is 0 Å². The van der Waals surface area contributed by atoms with Crippen LogP contribution in [0.2, 0.25) is 0 Å². The molecular formula is C7H13FO5. The lowest BCUT2D eigenvalue weighted by Gasteiger charge is -2.37. The van der Waals surface area contributed by atoms with Gasteiger partial charge < -0.3 is 24.8 Å². The molecule has 0 saturated carbocycles. The molecule has 0 radical (unpaired) electrons. The molecule has 1 aliphatic heterocycles. The van der Waals surface area contributed by atoms with Crippen molar-refractivity contribution in [2.45, 2.75) is 30.8 Å². The molecule has 1 saturated heterocycles. The lowest BCUT2D eigenvalue weighted by Crippen LogP contribution is -2.57. The normalized spacial score (nSPS) is 46.4. The summed E-state index contributed by atoms with van der Waals surface area (Å²) >= 11 is 0. The minimum absolute atomic E-state index is 0.520. The highest BCUT2D eigenvalue weighted by Crippen LogP contribution is 2.23. The monoisotopic (exact) mass is 196 g/mol. The SMILES string of the molecule is CO[C@H]1O[C@H](CO)[C@H](O)[C@@H](F)[C@H]1O. The van der Waals surface area contributed by atoms with E-state index in [0.29, 0.717) is 0 Å². The predicted octanol–water partition coefficient (Wildman–Crippen LogP) is -1.59. The molecule has 0 aromatic heterocycles. The van der Waals surface area contributed by atoms with E-state index in [1.54, 1.807) is 0 Å². The van der Waals surface area contributed by atoms with Crippen molar-refractivity contribution in [1.82, 2.24) is 0 Å². The van der Waals surface area contributed by atoms with Crippen molar-refractivity contribution < 1.29 is 29.2 Å². The topological polar surface area (TPSA) is 79.2 Å². The molecule has 0 bridgehead atoms. The first-order chi connectivity index (χ1) is 6.11. The zero-order valence-electron chi connectivity index (χ0n) is 7.13. The second kappa shape index (κ2) is 4.30. The van der Waals surface area contributed by atoms with Gasteiger partial charge in [0.05, 0.1) is 6.61 Å². The van der Waals surface area contributed by atoms with Gasteiger partial charge in [-0.05, 0) is 0 Å². The predicted molar refractivity (Wildman–Crippen MR) is 39.7 cm³/mol. The summed E-state index contributed by atoms with van der Waals surface area (Å²) in [4.78, 5) is 0. The van der Waals surface area contributed by atoms with Crippen molar-refractivity contribution in [3.05, 3.63) is 0 Å². The fourth-order valence-electron chi connectivity index (χ4n) is 1.24. The molecule has 0 unspecified atom stereocenters. The fraction of sp³-hybridized carbons (Fsp3) is 1.00. The fourth-order valence-corrected chi connectivity index (χ4v) is 1.24. The Morgan fingerprint density at radius 1 is 1.38 bits per heavy atom. The van der Waals surface area contributed by atoms with E-state index in [9.17, 15) is 4.39 Å². The van der Waals surface area contributed by atoms with Gasteiger partial charge >= 0.3 is 0 Å². The highest BCUT2D eigenvalue weighted by atomic mass is 19.1. The van der Waals surface area contributed by atoms with Gasteiger partial charge in [-0.1, -0.05) is 0 Å². The van der Waals surface area contributed by atoms with Crippen LogP contribution in [0.4, 0.5) is 4.39 Å². The Hall–Kier alpha value is -0.270. The highest BCUT2D eigenvalue weighted by Gasteiger charge is 2.44. The Morgan fingerprint density at radius 2 is 2.00 bits per heavy atom. The third kappa shape index (κ3) is 1.97. The maximum atomic E-state index is 13.1. The maximum absolute atomic E-state index is 13.1. The minimum atomic E-state index is -1.86. The Labute approximate surface area is 74.7 Å². The van der Waals surface area contributed by atoms with Crippen LogP contribution in [0.25, 0.3) is 0 Å². The summed E-state index contributed by atoms with van der Waals surface area (Å²) < 4.78 is 22.6. The first kappa shape index (κ1) is 10.8. The van der Waals surface area contributed by atoms with Gasteiger partial charge in [-0.3, -0.25) is 0 Å². The van der Waals surface area contributed by atoms with Crippen molar-refractivity contribution in [3.8, 4) is 0 Å². The molecule has 0 amide bonds. The smallest absolute Gasteiger partial charge is 0.186 e.